The van der Waals surface area contributed by atoms with Gasteiger partial charge in [0, 0.05) is 29.7 Å². The molecule has 3 heteroatoms. The van der Waals surface area contributed by atoms with Gasteiger partial charge in [0.05, 0.1) is 0 Å². The summed E-state index contributed by atoms with van der Waals surface area (Å²) in [7, 11) is 2.20. The first-order valence-electron chi connectivity index (χ1n) is 7.54. The standard InChI is InChI=1S/C17H29ClN2/c1-12(2)17(11-19-13(3)4)20(6)14(5)15-9-7-8-10-16(15)18/h7-10,12-14,17,19H,11H2,1-6H3. The van der Waals surface area contributed by atoms with Crippen molar-refractivity contribution in [2.24, 2.45) is 5.92 Å². The molecule has 0 saturated carbocycles. The summed E-state index contributed by atoms with van der Waals surface area (Å²) in [6.45, 7) is 12.2. The van der Waals surface area contributed by atoms with Crippen LogP contribution >= 0.6 is 11.6 Å². The average Bonchev–Trinajstić information content (AvgIpc) is 2.37. The maximum absolute atomic E-state index is 6.33. The van der Waals surface area contributed by atoms with E-state index < -0.39 is 0 Å². The van der Waals surface area contributed by atoms with E-state index in [4.69, 9.17) is 11.6 Å². The van der Waals surface area contributed by atoms with E-state index in [1.807, 2.05) is 12.1 Å². The molecule has 0 spiro atoms. The van der Waals surface area contributed by atoms with E-state index in [1.54, 1.807) is 0 Å². The van der Waals surface area contributed by atoms with E-state index in [-0.39, 0.29) is 0 Å². The van der Waals surface area contributed by atoms with Crippen LogP contribution in [0.15, 0.2) is 24.3 Å². The highest BCUT2D eigenvalue weighted by Crippen LogP contribution is 2.28. The van der Waals surface area contributed by atoms with Crippen molar-refractivity contribution in [3.63, 3.8) is 0 Å². The topological polar surface area (TPSA) is 15.3 Å². The minimum absolute atomic E-state index is 0.310. The van der Waals surface area contributed by atoms with Gasteiger partial charge >= 0.3 is 0 Å². The molecule has 0 fully saturated rings. The Morgan fingerprint density at radius 3 is 2.20 bits per heavy atom. The van der Waals surface area contributed by atoms with Crippen molar-refractivity contribution in [3.8, 4) is 0 Å². The van der Waals surface area contributed by atoms with Gasteiger partial charge in [-0.25, -0.2) is 0 Å². The normalized spacial score (nSPS) is 15.1. The minimum Gasteiger partial charge on any atom is -0.313 e. The molecule has 0 bridgehead atoms. The molecule has 0 radical (unpaired) electrons. The Bertz CT molecular complexity index is 404. The van der Waals surface area contributed by atoms with Crippen molar-refractivity contribution in [1.29, 1.82) is 0 Å². The van der Waals surface area contributed by atoms with E-state index in [9.17, 15) is 0 Å². The molecule has 0 amide bonds. The predicted octanol–water partition coefficient (Wildman–Crippen LogP) is 4.36. The lowest BCUT2D eigenvalue weighted by Gasteiger charge is -2.37. The fraction of sp³-hybridized carbons (Fsp3) is 0.647. The maximum atomic E-state index is 6.33. The van der Waals surface area contributed by atoms with Gasteiger partial charge in [-0.1, -0.05) is 57.5 Å². The molecular weight excluding hydrogens is 268 g/mol. The van der Waals surface area contributed by atoms with Crippen LogP contribution in [0, 0.1) is 5.92 Å². The van der Waals surface area contributed by atoms with Crippen molar-refractivity contribution in [3.05, 3.63) is 34.9 Å². The third kappa shape index (κ3) is 4.76. The molecule has 1 N–H and O–H groups in total. The number of likely N-dealkylation sites (N-methyl/N-ethyl adjacent to an activating group) is 1. The molecule has 2 unspecified atom stereocenters. The molecule has 20 heavy (non-hydrogen) atoms. The minimum atomic E-state index is 0.310. The molecule has 0 aliphatic heterocycles. The first-order chi connectivity index (χ1) is 9.34. The van der Waals surface area contributed by atoms with Gasteiger partial charge in [0.25, 0.3) is 0 Å². The van der Waals surface area contributed by atoms with Crippen LogP contribution in [0.3, 0.4) is 0 Å². The number of nitrogens with one attached hydrogen (secondary N) is 1. The summed E-state index contributed by atoms with van der Waals surface area (Å²) in [4.78, 5) is 2.43. The Hall–Kier alpha value is -0.570. The Morgan fingerprint density at radius 2 is 1.70 bits per heavy atom. The van der Waals surface area contributed by atoms with E-state index in [0.717, 1.165) is 11.6 Å². The second kappa shape index (κ2) is 8.02. The van der Waals surface area contributed by atoms with Crippen molar-refractivity contribution in [2.45, 2.75) is 52.7 Å². The van der Waals surface area contributed by atoms with Crippen LogP contribution in [-0.4, -0.2) is 30.6 Å². The fourth-order valence-corrected chi connectivity index (χ4v) is 2.82. The first-order valence-corrected chi connectivity index (χ1v) is 7.92. The lowest BCUT2D eigenvalue weighted by Crippen LogP contribution is -2.46. The number of halogens is 1. The molecule has 0 aliphatic carbocycles. The Morgan fingerprint density at radius 1 is 1.10 bits per heavy atom. The molecule has 0 aliphatic rings. The summed E-state index contributed by atoms with van der Waals surface area (Å²) in [5, 5.41) is 4.41. The molecule has 0 heterocycles. The van der Waals surface area contributed by atoms with Crippen LogP contribution in [0.5, 0.6) is 0 Å². The Labute approximate surface area is 129 Å². The molecular formula is C17H29ClN2. The third-order valence-electron chi connectivity index (χ3n) is 3.99. The number of nitrogens with zero attached hydrogens (tertiary/aromatic N) is 1. The van der Waals surface area contributed by atoms with Crippen LogP contribution in [0.1, 0.15) is 46.2 Å². The smallest absolute Gasteiger partial charge is 0.0453 e. The Balaban J connectivity index is 2.83. The maximum Gasteiger partial charge on any atom is 0.0453 e. The predicted molar refractivity (Wildman–Crippen MR) is 89.4 cm³/mol. The molecule has 1 rings (SSSR count). The molecule has 0 saturated heterocycles. The number of rotatable bonds is 7. The van der Waals surface area contributed by atoms with E-state index >= 15 is 0 Å². The van der Waals surface area contributed by atoms with Crippen LogP contribution in [0.2, 0.25) is 5.02 Å². The monoisotopic (exact) mass is 296 g/mol. The van der Waals surface area contributed by atoms with Gasteiger partial charge in [-0.15, -0.1) is 0 Å². The summed E-state index contributed by atoms with van der Waals surface area (Å²) >= 11 is 6.33. The van der Waals surface area contributed by atoms with E-state index in [1.165, 1.54) is 5.56 Å². The molecule has 114 valence electrons. The number of hydrogen-bond acceptors (Lipinski definition) is 2. The zero-order valence-electron chi connectivity index (χ0n) is 13.7. The van der Waals surface area contributed by atoms with Gasteiger partial charge < -0.3 is 5.32 Å². The SMILES string of the molecule is CC(C)NCC(C(C)C)N(C)C(C)c1ccccc1Cl. The lowest BCUT2D eigenvalue weighted by atomic mass is 9.98. The molecule has 2 atom stereocenters. The second-order valence-corrected chi connectivity index (χ2v) is 6.64. The highest BCUT2D eigenvalue weighted by molar-refractivity contribution is 6.31. The van der Waals surface area contributed by atoms with Crippen LogP contribution in [0.25, 0.3) is 0 Å². The van der Waals surface area contributed by atoms with Crippen molar-refractivity contribution in [2.75, 3.05) is 13.6 Å². The summed E-state index contributed by atoms with van der Waals surface area (Å²) in [5.41, 5.74) is 1.20. The van der Waals surface area contributed by atoms with Crippen LogP contribution in [-0.2, 0) is 0 Å². The quantitative estimate of drug-likeness (QED) is 0.804. The largest absolute Gasteiger partial charge is 0.313 e. The Kier molecular flexibility index (Phi) is 7.01. The molecule has 0 aromatic heterocycles. The molecule has 2 nitrogen and oxygen atoms in total. The zero-order chi connectivity index (χ0) is 15.3. The average molecular weight is 297 g/mol. The highest BCUT2D eigenvalue weighted by Gasteiger charge is 2.24. The van der Waals surface area contributed by atoms with Crippen LogP contribution < -0.4 is 5.32 Å². The molecule has 1 aromatic carbocycles. The van der Waals surface area contributed by atoms with Crippen molar-refractivity contribution < 1.29 is 0 Å². The third-order valence-corrected chi connectivity index (χ3v) is 4.34. The van der Waals surface area contributed by atoms with E-state index in [2.05, 4.69) is 64.0 Å². The van der Waals surface area contributed by atoms with Crippen molar-refractivity contribution >= 4 is 11.6 Å². The van der Waals surface area contributed by atoms with Crippen LogP contribution in [0.4, 0.5) is 0 Å². The fourth-order valence-electron chi connectivity index (χ4n) is 2.53. The zero-order valence-corrected chi connectivity index (χ0v) is 14.4. The highest BCUT2D eigenvalue weighted by atomic mass is 35.5. The summed E-state index contributed by atoms with van der Waals surface area (Å²) in [5.74, 6) is 0.594. The van der Waals surface area contributed by atoms with Gasteiger partial charge in [-0.3, -0.25) is 4.90 Å². The van der Waals surface area contributed by atoms with Gasteiger partial charge in [0.1, 0.15) is 0 Å². The number of hydrogen-bond donors (Lipinski definition) is 1. The van der Waals surface area contributed by atoms with Crippen molar-refractivity contribution in [1.82, 2.24) is 10.2 Å². The number of benzene rings is 1. The summed E-state index contributed by atoms with van der Waals surface area (Å²) in [6, 6.07) is 9.45. The lowest BCUT2D eigenvalue weighted by molar-refractivity contribution is 0.140. The first kappa shape index (κ1) is 17.5. The van der Waals surface area contributed by atoms with Gasteiger partial charge in [-0.05, 0) is 31.5 Å². The summed E-state index contributed by atoms with van der Waals surface area (Å²) < 4.78 is 0. The molecule has 1 aromatic rings. The van der Waals surface area contributed by atoms with Gasteiger partial charge in [0.15, 0.2) is 0 Å². The second-order valence-electron chi connectivity index (χ2n) is 6.24. The van der Waals surface area contributed by atoms with E-state index in [0.29, 0.717) is 24.0 Å². The van der Waals surface area contributed by atoms with Gasteiger partial charge in [-0.2, -0.15) is 0 Å². The summed E-state index contributed by atoms with van der Waals surface area (Å²) in [6.07, 6.45) is 0. The van der Waals surface area contributed by atoms with Gasteiger partial charge in [0.2, 0.25) is 0 Å².